The minimum atomic E-state index is -3.98. The van der Waals surface area contributed by atoms with Gasteiger partial charge in [-0.15, -0.1) is 0 Å². The number of anilines is 1. The lowest BCUT2D eigenvalue weighted by atomic mass is 10.2. The van der Waals surface area contributed by atoms with Gasteiger partial charge in [0.15, 0.2) is 9.84 Å². The second-order valence-corrected chi connectivity index (χ2v) is 9.52. The van der Waals surface area contributed by atoms with E-state index in [1.807, 2.05) is 0 Å². The zero-order valence-corrected chi connectivity index (χ0v) is 18.1. The van der Waals surface area contributed by atoms with Crippen molar-refractivity contribution in [3.63, 3.8) is 0 Å². The average molecular weight is 475 g/mol. The van der Waals surface area contributed by atoms with Crippen molar-refractivity contribution in [3.8, 4) is 0 Å². The highest BCUT2D eigenvalue weighted by Crippen LogP contribution is 2.30. The molecule has 5 nitrogen and oxygen atoms in total. The largest absolute Gasteiger partial charge is 0.337 e. The van der Waals surface area contributed by atoms with Crippen LogP contribution in [0.5, 0.6) is 0 Å². The predicted molar refractivity (Wildman–Crippen MR) is 119 cm³/mol. The highest BCUT2D eigenvalue weighted by molar-refractivity contribution is 7.90. The summed E-state index contributed by atoms with van der Waals surface area (Å²) in [6, 6.07) is 16.0. The molecule has 0 radical (unpaired) electrons. The fourth-order valence-corrected chi connectivity index (χ4v) is 5.35. The molecule has 1 N–H and O–H groups in total. The number of halogens is 3. The van der Waals surface area contributed by atoms with Gasteiger partial charge in [0, 0.05) is 33.4 Å². The Morgan fingerprint density at radius 3 is 2.41 bits per heavy atom. The maximum absolute atomic E-state index is 14.2. The first kappa shape index (κ1) is 22.0. The third-order valence-electron chi connectivity index (χ3n) is 4.93. The van der Waals surface area contributed by atoms with E-state index in [9.17, 15) is 22.0 Å². The van der Waals surface area contributed by atoms with Crippen molar-refractivity contribution in [2.45, 2.75) is 17.2 Å². The number of nitrogens with zero attached hydrogens (tertiary/aromatic N) is 1. The van der Waals surface area contributed by atoms with Crippen molar-refractivity contribution in [2.24, 2.45) is 0 Å². The number of amides is 1. The summed E-state index contributed by atoms with van der Waals surface area (Å²) >= 11 is 6.02. The van der Waals surface area contributed by atoms with E-state index < -0.39 is 33.1 Å². The molecular formula is C23H17ClF2N2O3S. The van der Waals surface area contributed by atoms with Crippen molar-refractivity contribution in [3.05, 3.63) is 95.1 Å². The molecule has 0 saturated carbocycles. The van der Waals surface area contributed by atoms with E-state index >= 15 is 0 Å². The number of carbonyl (C=O) groups excluding carboxylic acids is 1. The molecular weight excluding hydrogens is 458 g/mol. The van der Waals surface area contributed by atoms with Gasteiger partial charge in [0.1, 0.15) is 18.2 Å². The molecule has 0 unspecified atom stereocenters. The first-order valence-corrected chi connectivity index (χ1v) is 11.6. The van der Waals surface area contributed by atoms with Gasteiger partial charge in [0.25, 0.3) is 0 Å². The lowest BCUT2D eigenvalue weighted by molar-refractivity contribution is -0.116. The SMILES string of the molecule is O=C(Cn1cc(S(=O)(=O)Cc2c(F)cccc2Cl)c2ccccc21)Nc1ccc(F)cc1. The Labute approximate surface area is 188 Å². The molecule has 0 aliphatic carbocycles. The highest BCUT2D eigenvalue weighted by atomic mass is 35.5. The van der Waals surface area contributed by atoms with Gasteiger partial charge in [-0.1, -0.05) is 35.9 Å². The van der Waals surface area contributed by atoms with Crippen LogP contribution in [0.3, 0.4) is 0 Å². The molecule has 0 spiro atoms. The number of hydrogen-bond acceptors (Lipinski definition) is 3. The molecule has 1 aromatic heterocycles. The standard InChI is InChI=1S/C23H17ClF2N2O3S/c24-19-5-3-6-20(26)18(19)14-32(30,31)22-12-28(21-7-2-1-4-17(21)22)13-23(29)27-16-10-8-15(25)9-11-16/h1-12H,13-14H2,(H,27,29). The fraction of sp³-hybridized carbons (Fsp3) is 0.0870. The Hall–Kier alpha value is -3.23. The van der Waals surface area contributed by atoms with Crippen LogP contribution in [0.1, 0.15) is 5.56 Å². The molecule has 1 heterocycles. The number of aromatic nitrogens is 1. The summed E-state index contributed by atoms with van der Waals surface area (Å²) in [5.41, 5.74) is 0.829. The summed E-state index contributed by atoms with van der Waals surface area (Å²) in [5, 5.41) is 3.08. The Balaban J connectivity index is 1.66. The minimum absolute atomic E-state index is 0.0241. The lowest BCUT2D eigenvalue weighted by Gasteiger charge is -2.07. The number of para-hydroxylation sites is 1. The number of benzene rings is 3. The summed E-state index contributed by atoms with van der Waals surface area (Å²) in [4.78, 5) is 12.5. The molecule has 32 heavy (non-hydrogen) atoms. The van der Waals surface area contributed by atoms with E-state index in [1.165, 1.54) is 47.2 Å². The van der Waals surface area contributed by atoms with Gasteiger partial charge < -0.3 is 9.88 Å². The van der Waals surface area contributed by atoms with Crippen LogP contribution in [0.4, 0.5) is 14.5 Å². The highest BCUT2D eigenvalue weighted by Gasteiger charge is 2.24. The number of fused-ring (bicyclic) bond motifs is 1. The van der Waals surface area contributed by atoms with Crippen LogP contribution in [0.15, 0.2) is 77.8 Å². The average Bonchev–Trinajstić information content (AvgIpc) is 3.12. The second kappa shape index (κ2) is 8.72. The van der Waals surface area contributed by atoms with Crippen molar-refractivity contribution >= 4 is 43.9 Å². The van der Waals surface area contributed by atoms with Gasteiger partial charge in [-0.2, -0.15) is 0 Å². The molecule has 0 aliphatic rings. The fourth-order valence-electron chi connectivity index (χ4n) is 3.42. The number of rotatable bonds is 6. The second-order valence-electron chi connectivity index (χ2n) is 7.15. The van der Waals surface area contributed by atoms with Gasteiger partial charge in [0.2, 0.25) is 5.91 Å². The molecule has 1 amide bonds. The van der Waals surface area contributed by atoms with E-state index in [-0.39, 0.29) is 22.0 Å². The van der Waals surface area contributed by atoms with Crippen LogP contribution in [0.25, 0.3) is 10.9 Å². The summed E-state index contributed by atoms with van der Waals surface area (Å²) in [6.07, 6.45) is 1.36. The van der Waals surface area contributed by atoms with Crippen LogP contribution in [0.2, 0.25) is 5.02 Å². The summed E-state index contributed by atoms with van der Waals surface area (Å²) < 4.78 is 55.1. The van der Waals surface area contributed by atoms with E-state index in [0.29, 0.717) is 16.6 Å². The van der Waals surface area contributed by atoms with Crippen LogP contribution in [-0.2, 0) is 26.9 Å². The van der Waals surface area contributed by atoms with Gasteiger partial charge in [-0.05, 0) is 42.5 Å². The topological polar surface area (TPSA) is 68.2 Å². The zero-order valence-electron chi connectivity index (χ0n) is 16.6. The van der Waals surface area contributed by atoms with Gasteiger partial charge in [-0.25, -0.2) is 17.2 Å². The maximum Gasteiger partial charge on any atom is 0.244 e. The number of carbonyl (C=O) groups is 1. The van der Waals surface area contributed by atoms with Crippen molar-refractivity contribution < 1.29 is 22.0 Å². The monoisotopic (exact) mass is 474 g/mol. The third kappa shape index (κ3) is 4.51. The Kier molecular flexibility index (Phi) is 5.99. The van der Waals surface area contributed by atoms with Crippen molar-refractivity contribution in [1.82, 2.24) is 4.57 Å². The quantitative estimate of drug-likeness (QED) is 0.418. The first-order chi connectivity index (χ1) is 15.2. The normalized spacial score (nSPS) is 11.6. The Bertz CT molecular complexity index is 1400. The molecule has 0 fully saturated rings. The summed E-state index contributed by atoms with van der Waals surface area (Å²) in [7, 11) is -3.98. The molecule has 9 heteroatoms. The van der Waals surface area contributed by atoms with Crippen molar-refractivity contribution in [1.29, 1.82) is 0 Å². The minimum Gasteiger partial charge on any atom is -0.337 e. The molecule has 4 aromatic rings. The third-order valence-corrected chi connectivity index (χ3v) is 6.94. The smallest absolute Gasteiger partial charge is 0.244 e. The molecule has 0 bridgehead atoms. The molecule has 0 atom stereocenters. The number of hydrogen-bond donors (Lipinski definition) is 1. The van der Waals surface area contributed by atoms with Crippen LogP contribution < -0.4 is 5.32 Å². The van der Waals surface area contributed by atoms with E-state index in [1.54, 1.807) is 24.3 Å². The van der Waals surface area contributed by atoms with Gasteiger partial charge >= 0.3 is 0 Å². The van der Waals surface area contributed by atoms with Crippen molar-refractivity contribution in [2.75, 3.05) is 5.32 Å². The predicted octanol–water partition coefficient (Wildman–Crippen LogP) is 5.19. The van der Waals surface area contributed by atoms with Gasteiger partial charge in [-0.3, -0.25) is 4.79 Å². The Morgan fingerprint density at radius 2 is 1.69 bits per heavy atom. The van der Waals surface area contributed by atoms with Gasteiger partial charge in [0.05, 0.1) is 10.6 Å². The van der Waals surface area contributed by atoms with E-state index in [2.05, 4.69) is 5.32 Å². The van der Waals surface area contributed by atoms with Crippen LogP contribution in [0, 0.1) is 11.6 Å². The van der Waals surface area contributed by atoms with E-state index in [4.69, 9.17) is 11.6 Å². The summed E-state index contributed by atoms with van der Waals surface area (Å²) in [6.45, 7) is -0.173. The molecule has 4 rings (SSSR count). The molecule has 0 aliphatic heterocycles. The molecule has 3 aromatic carbocycles. The van der Waals surface area contributed by atoms with Crippen LogP contribution >= 0.6 is 11.6 Å². The lowest BCUT2D eigenvalue weighted by Crippen LogP contribution is -2.18. The Morgan fingerprint density at radius 1 is 0.969 bits per heavy atom. The maximum atomic E-state index is 14.2. The van der Waals surface area contributed by atoms with Crippen LogP contribution in [-0.4, -0.2) is 18.9 Å². The zero-order chi connectivity index (χ0) is 22.9. The number of nitrogens with one attached hydrogen (secondary N) is 1. The van der Waals surface area contributed by atoms with E-state index in [0.717, 1.165) is 6.07 Å². The molecule has 0 saturated heterocycles. The molecule has 164 valence electrons. The first-order valence-electron chi connectivity index (χ1n) is 9.53. The number of sulfone groups is 1. The summed E-state index contributed by atoms with van der Waals surface area (Å²) in [5.74, 6) is -2.17.